The van der Waals surface area contributed by atoms with Crippen molar-refractivity contribution < 1.29 is 0 Å². The summed E-state index contributed by atoms with van der Waals surface area (Å²) in [6.45, 7) is 7.96. The number of pyridine rings is 1. The SMILES string of the molecule is CCCN1CCN(c2ccc(Br)cn2)CC1. The third-order valence-corrected chi connectivity index (χ3v) is 3.42. The highest BCUT2D eigenvalue weighted by molar-refractivity contribution is 9.10. The molecule has 2 heterocycles. The minimum absolute atomic E-state index is 1.04. The molecule has 0 radical (unpaired) electrons. The molecule has 0 aliphatic carbocycles. The van der Waals surface area contributed by atoms with Crippen LogP contribution in [0.4, 0.5) is 5.82 Å². The van der Waals surface area contributed by atoms with Crippen molar-refractivity contribution in [2.24, 2.45) is 0 Å². The van der Waals surface area contributed by atoms with E-state index in [0.29, 0.717) is 0 Å². The van der Waals surface area contributed by atoms with Crippen LogP contribution in [0.5, 0.6) is 0 Å². The van der Waals surface area contributed by atoms with Crippen LogP contribution in [0.2, 0.25) is 0 Å². The van der Waals surface area contributed by atoms with Crippen LogP contribution in [0.3, 0.4) is 0 Å². The van der Waals surface area contributed by atoms with E-state index in [1.807, 2.05) is 6.20 Å². The topological polar surface area (TPSA) is 19.4 Å². The molecule has 0 N–H and O–H groups in total. The van der Waals surface area contributed by atoms with E-state index in [9.17, 15) is 0 Å². The number of rotatable bonds is 3. The maximum Gasteiger partial charge on any atom is 0.128 e. The molecule has 4 heteroatoms. The summed E-state index contributed by atoms with van der Waals surface area (Å²) in [5.41, 5.74) is 0. The van der Waals surface area contributed by atoms with Crippen LogP contribution >= 0.6 is 15.9 Å². The van der Waals surface area contributed by atoms with E-state index in [0.717, 1.165) is 36.5 Å². The second kappa shape index (κ2) is 5.64. The first-order valence-electron chi connectivity index (χ1n) is 5.88. The first kappa shape index (κ1) is 11.9. The van der Waals surface area contributed by atoms with Gasteiger partial charge in [0.25, 0.3) is 0 Å². The van der Waals surface area contributed by atoms with Gasteiger partial charge in [-0.15, -0.1) is 0 Å². The van der Waals surface area contributed by atoms with E-state index in [1.165, 1.54) is 13.0 Å². The number of piperazine rings is 1. The van der Waals surface area contributed by atoms with E-state index in [1.54, 1.807) is 0 Å². The zero-order chi connectivity index (χ0) is 11.4. The van der Waals surface area contributed by atoms with Crippen molar-refractivity contribution in [2.75, 3.05) is 37.6 Å². The van der Waals surface area contributed by atoms with Gasteiger partial charge in [0, 0.05) is 36.8 Å². The fourth-order valence-corrected chi connectivity index (χ4v) is 2.31. The van der Waals surface area contributed by atoms with Crippen molar-refractivity contribution >= 4 is 21.7 Å². The van der Waals surface area contributed by atoms with Gasteiger partial charge in [-0.1, -0.05) is 6.92 Å². The second-order valence-corrected chi connectivity index (χ2v) is 5.08. The molecule has 1 aliphatic rings. The Morgan fingerprint density at radius 3 is 2.56 bits per heavy atom. The van der Waals surface area contributed by atoms with Crippen LogP contribution < -0.4 is 4.90 Å². The summed E-state index contributed by atoms with van der Waals surface area (Å²) in [5, 5.41) is 0. The van der Waals surface area contributed by atoms with Crippen molar-refractivity contribution in [1.29, 1.82) is 0 Å². The van der Waals surface area contributed by atoms with E-state index >= 15 is 0 Å². The van der Waals surface area contributed by atoms with Gasteiger partial charge in [-0.3, -0.25) is 4.90 Å². The minimum Gasteiger partial charge on any atom is -0.354 e. The van der Waals surface area contributed by atoms with Gasteiger partial charge in [-0.2, -0.15) is 0 Å². The fourth-order valence-electron chi connectivity index (χ4n) is 2.07. The van der Waals surface area contributed by atoms with Crippen molar-refractivity contribution in [3.05, 3.63) is 22.8 Å². The van der Waals surface area contributed by atoms with Crippen LogP contribution in [0.15, 0.2) is 22.8 Å². The minimum atomic E-state index is 1.04. The summed E-state index contributed by atoms with van der Waals surface area (Å²) in [6, 6.07) is 4.14. The Kier molecular flexibility index (Phi) is 4.18. The lowest BCUT2D eigenvalue weighted by Crippen LogP contribution is -2.46. The molecule has 2 rings (SSSR count). The highest BCUT2D eigenvalue weighted by atomic mass is 79.9. The molecule has 1 aromatic rings. The summed E-state index contributed by atoms with van der Waals surface area (Å²) in [6.07, 6.45) is 3.12. The highest BCUT2D eigenvalue weighted by Gasteiger charge is 2.16. The van der Waals surface area contributed by atoms with Crippen LogP contribution in [0.1, 0.15) is 13.3 Å². The average molecular weight is 284 g/mol. The molecule has 0 aromatic carbocycles. The summed E-state index contributed by atoms with van der Waals surface area (Å²) in [4.78, 5) is 9.32. The zero-order valence-electron chi connectivity index (χ0n) is 9.69. The van der Waals surface area contributed by atoms with E-state index in [4.69, 9.17) is 0 Å². The smallest absolute Gasteiger partial charge is 0.128 e. The molecule has 16 heavy (non-hydrogen) atoms. The van der Waals surface area contributed by atoms with Gasteiger partial charge < -0.3 is 4.90 Å². The van der Waals surface area contributed by atoms with Crippen molar-refractivity contribution in [3.8, 4) is 0 Å². The Morgan fingerprint density at radius 1 is 1.25 bits per heavy atom. The number of aromatic nitrogens is 1. The Balaban J connectivity index is 1.91. The Bertz CT molecular complexity index is 318. The van der Waals surface area contributed by atoms with Crippen LogP contribution in [-0.4, -0.2) is 42.6 Å². The summed E-state index contributed by atoms with van der Waals surface area (Å²) in [5.74, 6) is 1.10. The lowest BCUT2D eigenvalue weighted by Gasteiger charge is -2.35. The van der Waals surface area contributed by atoms with Crippen molar-refractivity contribution in [1.82, 2.24) is 9.88 Å². The second-order valence-electron chi connectivity index (χ2n) is 4.16. The van der Waals surface area contributed by atoms with Crippen LogP contribution in [0.25, 0.3) is 0 Å². The molecular weight excluding hydrogens is 266 g/mol. The molecule has 1 fully saturated rings. The predicted octanol–water partition coefficient (Wildman–Crippen LogP) is 2.38. The normalized spacial score (nSPS) is 17.8. The maximum atomic E-state index is 4.43. The Morgan fingerprint density at radius 2 is 2.00 bits per heavy atom. The molecule has 1 saturated heterocycles. The fraction of sp³-hybridized carbons (Fsp3) is 0.583. The molecule has 0 amide bonds. The quantitative estimate of drug-likeness (QED) is 0.849. The molecule has 88 valence electrons. The van der Waals surface area contributed by atoms with Gasteiger partial charge in [0.1, 0.15) is 5.82 Å². The Labute approximate surface area is 106 Å². The van der Waals surface area contributed by atoms with E-state index in [-0.39, 0.29) is 0 Å². The molecule has 0 atom stereocenters. The number of nitrogens with zero attached hydrogens (tertiary/aromatic N) is 3. The van der Waals surface area contributed by atoms with Gasteiger partial charge >= 0.3 is 0 Å². The summed E-state index contributed by atoms with van der Waals surface area (Å²) >= 11 is 3.41. The van der Waals surface area contributed by atoms with Gasteiger partial charge in [0.05, 0.1) is 0 Å². The average Bonchev–Trinajstić information content (AvgIpc) is 2.32. The number of hydrogen-bond acceptors (Lipinski definition) is 3. The number of hydrogen-bond donors (Lipinski definition) is 0. The molecular formula is C12H18BrN3. The molecule has 0 spiro atoms. The van der Waals surface area contributed by atoms with Gasteiger partial charge in [0.2, 0.25) is 0 Å². The number of halogens is 1. The van der Waals surface area contributed by atoms with Gasteiger partial charge in [-0.25, -0.2) is 4.98 Å². The predicted molar refractivity (Wildman–Crippen MR) is 70.9 cm³/mol. The van der Waals surface area contributed by atoms with Gasteiger partial charge in [0.15, 0.2) is 0 Å². The molecule has 0 bridgehead atoms. The van der Waals surface area contributed by atoms with Crippen molar-refractivity contribution in [2.45, 2.75) is 13.3 Å². The largest absolute Gasteiger partial charge is 0.354 e. The van der Waals surface area contributed by atoms with E-state index < -0.39 is 0 Å². The molecule has 0 unspecified atom stereocenters. The first-order chi connectivity index (χ1) is 7.79. The first-order valence-corrected chi connectivity index (χ1v) is 6.67. The van der Waals surface area contributed by atoms with E-state index in [2.05, 4.69) is 49.8 Å². The Hall–Kier alpha value is -0.610. The third kappa shape index (κ3) is 2.95. The molecule has 1 aliphatic heterocycles. The summed E-state index contributed by atoms with van der Waals surface area (Å²) in [7, 11) is 0. The van der Waals surface area contributed by atoms with Crippen LogP contribution in [-0.2, 0) is 0 Å². The molecule has 1 aromatic heterocycles. The highest BCUT2D eigenvalue weighted by Crippen LogP contribution is 2.16. The number of anilines is 1. The lowest BCUT2D eigenvalue weighted by atomic mass is 10.3. The third-order valence-electron chi connectivity index (χ3n) is 2.95. The van der Waals surface area contributed by atoms with Crippen LogP contribution in [0, 0.1) is 0 Å². The standard InChI is InChI=1S/C12H18BrN3/c1-2-5-15-6-8-16(9-7-15)12-4-3-11(13)10-14-12/h3-4,10H,2,5-9H2,1H3. The zero-order valence-corrected chi connectivity index (χ0v) is 11.3. The van der Waals surface area contributed by atoms with Crippen molar-refractivity contribution in [3.63, 3.8) is 0 Å². The summed E-state index contributed by atoms with van der Waals surface area (Å²) < 4.78 is 1.04. The maximum absolute atomic E-state index is 4.43. The van der Waals surface area contributed by atoms with Gasteiger partial charge in [-0.05, 0) is 41.0 Å². The molecule has 0 saturated carbocycles. The molecule has 3 nitrogen and oxygen atoms in total. The monoisotopic (exact) mass is 283 g/mol. The lowest BCUT2D eigenvalue weighted by molar-refractivity contribution is 0.258.